The molecule has 1 aromatic rings. The topological polar surface area (TPSA) is 106 Å². The van der Waals surface area contributed by atoms with Crippen LogP contribution < -0.4 is 15.2 Å². The summed E-state index contributed by atoms with van der Waals surface area (Å²) in [6, 6.07) is 6.09. The van der Waals surface area contributed by atoms with E-state index in [1.54, 1.807) is 14.2 Å². The number of rotatable bonds is 16. The zero-order chi connectivity index (χ0) is 28.5. The molecule has 1 fully saturated rings. The number of benzene rings is 1. The van der Waals surface area contributed by atoms with Crippen LogP contribution in [0.15, 0.2) is 18.2 Å². The molecule has 0 aliphatic carbocycles. The van der Waals surface area contributed by atoms with Gasteiger partial charge in [-0.05, 0) is 75.0 Å². The van der Waals surface area contributed by atoms with Gasteiger partial charge in [-0.25, -0.2) is 4.79 Å². The monoisotopic (exact) mass is 535 g/mol. The van der Waals surface area contributed by atoms with Crippen molar-refractivity contribution in [3.63, 3.8) is 0 Å². The molecule has 1 amide bonds. The van der Waals surface area contributed by atoms with Crippen molar-refractivity contribution in [2.45, 2.75) is 85.4 Å². The van der Waals surface area contributed by atoms with Crippen molar-refractivity contribution in [2.75, 3.05) is 27.4 Å². The molecule has 0 radical (unpaired) electrons. The molecule has 0 bridgehead atoms. The minimum absolute atomic E-state index is 0.0208. The predicted molar refractivity (Wildman–Crippen MR) is 147 cm³/mol. The second-order valence-electron chi connectivity index (χ2n) is 11.8. The van der Waals surface area contributed by atoms with Crippen LogP contribution in [0.5, 0.6) is 11.5 Å². The standard InChI is InChI=1S/C30H49NO7/c1-19(2)22(14-21-10-11-25(35-8)27(15-21)36-13-9-12-34-7)16-23(18-30(5,6)38-29(31)33)26-17-24(20(3)4)28(32)37-26/h10-11,15,19-20,22-24,26H,9,12-14,16-18H2,1-8H3,(H2,31,33)/t22-,23+,24+,26+/m1/s1. The van der Waals surface area contributed by atoms with Gasteiger partial charge in [0, 0.05) is 26.1 Å². The summed E-state index contributed by atoms with van der Waals surface area (Å²) in [6.45, 7) is 13.5. The molecule has 1 aromatic carbocycles. The van der Waals surface area contributed by atoms with E-state index in [4.69, 9.17) is 29.4 Å². The number of amides is 1. The molecule has 0 unspecified atom stereocenters. The molecule has 216 valence electrons. The maximum Gasteiger partial charge on any atom is 0.405 e. The molecule has 0 saturated carbocycles. The number of carbonyl (C=O) groups excluding carboxylic acids is 2. The van der Waals surface area contributed by atoms with Crippen molar-refractivity contribution >= 4 is 12.1 Å². The summed E-state index contributed by atoms with van der Waals surface area (Å²) < 4.78 is 28.0. The van der Waals surface area contributed by atoms with Crippen LogP contribution in [0.4, 0.5) is 4.79 Å². The van der Waals surface area contributed by atoms with Crippen LogP contribution in [0.2, 0.25) is 0 Å². The van der Waals surface area contributed by atoms with E-state index in [9.17, 15) is 9.59 Å². The zero-order valence-corrected chi connectivity index (χ0v) is 24.6. The van der Waals surface area contributed by atoms with Crippen molar-refractivity contribution in [3.8, 4) is 11.5 Å². The minimum atomic E-state index is -0.797. The van der Waals surface area contributed by atoms with E-state index in [2.05, 4.69) is 39.8 Å². The summed E-state index contributed by atoms with van der Waals surface area (Å²) in [7, 11) is 3.32. The Morgan fingerprint density at radius 2 is 1.84 bits per heavy atom. The summed E-state index contributed by atoms with van der Waals surface area (Å²) in [5, 5.41) is 0. The van der Waals surface area contributed by atoms with Crippen LogP contribution in [-0.2, 0) is 25.4 Å². The minimum Gasteiger partial charge on any atom is -0.493 e. The van der Waals surface area contributed by atoms with Crippen LogP contribution in [-0.4, -0.2) is 51.2 Å². The maximum absolute atomic E-state index is 12.6. The van der Waals surface area contributed by atoms with E-state index >= 15 is 0 Å². The van der Waals surface area contributed by atoms with Crippen molar-refractivity contribution in [2.24, 2.45) is 35.3 Å². The number of primary amides is 1. The quantitative estimate of drug-likeness (QED) is 0.211. The van der Waals surface area contributed by atoms with Crippen LogP contribution in [0.3, 0.4) is 0 Å². The SMILES string of the molecule is COCCCOc1cc(C[C@H](C[C@@H](CC(C)(C)OC(N)=O)[C@@H]2C[C@@H](C(C)C)C(=O)O2)C(C)C)ccc1OC. The molecule has 1 aliphatic heterocycles. The molecule has 1 saturated heterocycles. The highest BCUT2D eigenvalue weighted by Crippen LogP contribution is 2.40. The predicted octanol–water partition coefficient (Wildman–Crippen LogP) is 5.78. The largest absolute Gasteiger partial charge is 0.493 e. The van der Waals surface area contributed by atoms with Gasteiger partial charge >= 0.3 is 12.1 Å². The highest BCUT2D eigenvalue weighted by molar-refractivity contribution is 5.75. The highest BCUT2D eigenvalue weighted by atomic mass is 16.6. The smallest absolute Gasteiger partial charge is 0.405 e. The molecule has 4 atom stereocenters. The van der Waals surface area contributed by atoms with Gasteiger partial charge in [-0.3, -0.25) is 4.79 Å². The van der Waals surface area contributed by atoms with Gasteiger partial charge in [-0.15, -0.1) is 0 Å². The fourth-order valence-corrected chi connectivity index (χ4v) is 5.41. The molecule has 0 aromatic heterocycles. The third-order valence-corrected chi connectivity index (χ3v) is 7.54. The normalized spacial score (nSPS) is 19.4. The summed E-state index contributed by atoms with van der Waals surface area (Å²) >= 11 is 0. The Bertz CT molecular complexity index is 899. The maximum atomic E-state index is 12.6. The number of hydrogen-bond acceptors (Lipinski definition) is 7. The summed E-state index contributed by atoms with van der Waals surface area (Å²) in [4.78, 5) is 24.2. The number of ether oxygens (including phenoxy) is 5. The number of nitrogens with two attached hydrogens (primary N) is 1. The lowest BCUT2D eigenvalue weighted by Gasteiger charge is -2.34. The Hall–Kier alpha value is -2.48. The second kappa shape index (κ2) is 14.6. The molecule has 0 spiro atoms. The number of carbonyl (C=O) groups is 2. The van der Waals surface area contributed by atoms with Crippen LogP contribution in [0.25, 0.3) is 0 Å². The van der Waals surface area contributed by atoms with E-state index in [0.29, 0.717) is 43.6 Å². The number of hydrogen-bond donors (Lipinski definition) is 1. The Morgan fingerprint density at radius 3 is 2.39 bits per heavy atom. The van der Waals surface area contributed by atoms with Crippen LogP contribution in [0, 0.1) is 29.6 Å². The average Bonchev–Trinajstić information content (AvgIpc) is 3.22. The third kappa shape index (κ3) is 9.68. The molecular weight excluding hydrogens is 486 g/mol. The Kier molecular flexibility index (Phi) is 12.2. The molecule has 8 nitrogen and oxygen atoms in total. The first-order chi connectivity index (χ1) is 17.9. The lowest BCUT2D eigenvalue weighted by molar-refractivity contribution is -0.148. The van der Waals surface area contributed by atoms with Gasteiger partial charge in [0.05, 0.1) is 19.6 Å². The van der Waals surface area contributed by atoms with Gasteiger partial charge in [0.15, 0.2) is 11.5 Å². The molecule has 1 heterocycles. The Balaban J connectivity index is 2.26. The highest BCUT2D eigenvalue weighted by Gasteiger charge is 2.43. The van der Waals surface area contributed by atoms with E-state index < -0.39 is 11.7 Å². The van der Waals surface area contributed by atoms with E-state index in [1.807, 2.05) is 19.9 Å². The van der Waals surface area contributed by atoms with Gasteiger partial charge < -0.3 is 29.4 Å². The summed E-state index contributed by atoms with van der Waals surface area (Å²) in [5.74, 6) is 2.10. The van der Waals surface area contributed by atoms with Crippen molar-refractivity contribution in [1.29, 1.82) is 0 Å². The Morgan fingerprint density at radius 1 is 1.13 bits per heavy atom. The average molecular weight is 536 g/mol. The Labute approximate surface area is 228 Å². The molecule has 2 N–H and O–H groups in total. The molecule has 2 rings (SSSR count). The second-order valence-corrected chi connectivity index (χ2v) is 11.8. The van der Waals surface area contributed by atoms with Crippen molar-refractivity contribution in [3.05, 3.63) is 23.8 Å². The molecule has 38 heavy (non-hydrogen) atoms. The van der Waals surface area contributed by atoms with Gasteiger partial charge in [-0.2, -0.15) is 0 Å². The third-order valence-electron chi connectivity index (χ3n) is 7.54. The number of cyclic esters (lactones) is 1. The zero-order valence-electron chi connectivity index (χ0n) is 24.6. The first-order valence-electron chi connectivity index (χ1n) is 13.8. The number of methoxy groups -OCH3 is 2. The van der Waals surface area contributed by atoms with Gasteiger partial charge in [0.25, 0.3) is 0 Å². The summed E-state index contributed by atoms with van der Waals surface area (Å²) in [5.41, 5.74) is 5.74. The van der Waals surface area contributed by atoms with Gasteiger partial charge in [-0.1, -0.05) is 33.8 Å². The molecular formula is C30H49NO7. The van der Waals surface area contributed by atoms with Crippen LogP contribution in [0.1, 0.15) is 72.8 Å². The van der Waals surface area contributed by atoms with Crippen molar-refractivity contribution in [1.82, 2.24) is 0 Å². The molecule has 8 heteroatoms. The number of esters is 1. The first kappa shape index (κ1) is 31.7. The first-order valence-corrected chi connectivity index (χ1v) is 13.8. The van der Waals surface area contributed by atoms with E-state index in [1.165, 1.54) is 0 Å². The fraction of sp³-hybridized carbons (Fsp3) is 0.733. The van der Waals surface area contributed by atoms with Crippen LogP contribution >= 0.6 is 0 Å². The lowest BCUT2D eigenvalue weighted by Crippen LogP contribution is -2.37. The molecule has 1 aliphatic rings. The fourth-order valence-electron chi connectivity index (χ4n) is 5.41. The van der Waals surface area contributed by atoms with Crippen molar-refractivity contribution < 1.29 is 33.3 Å². The van der Waals surface area contributed by atoms with Gasteiger partial charge in [0.2, 0.25) is 0 Å². The van der Waals surface area contributed by atoms with E-state index in [0.717, 1.165) is 30.6 Å². The summed E-state index contributed by atoms with van der Waals surface area (Å²) in [6.07, 6.45) is 2.66. The van der Waals surface area contributed by atoms with E-state index in [-0.39, 0.29) is 29.8 Å². The van der Waals surface area contributed by atoms with Gasteiger partial charge in [0.1, 0.15) is 11.7 Å². The lowest BCUT2D eigenvalue weighted by atomic mass is 9.75.